The largest absolute Gasteiger partial charge is 0.371 e. The Morgan fingerprint density at radius 2 is 2.00 bits per heavy atom. The van der Waals surface area contributed by atoms with Gasteiger partial charge in [0, 0.05) is 24.7 Å². The third-order valence-electron chi connectivity index (χ3n) is 2.97. The van der Waals surface area contributed by atoms with Crippen molar-refractivity contribution in [1.29, 1.82) is 0 Å². The molecule has 0 radical (unpaired) electrons. The predicted molar refractivity (Wildman–Crippen MR) is 57.4 cm³/mol. The van der Waals surface area contributed by atoms with Gasteiger partial charge in [0.1, 0.15) is 6.29 Å². The van der Waals surface area contributed by atoms with Crippen LogP contribution in [0, 0.1) is 11.8 Å². The van der Waals surface area contributed by atoms with Crippen molar-refractivity contribution >= 4 is 12.0 Å². The minimum absolute atomic E-state index is 0.204. The summed E-state index contributed by atoms with van der Waals surface area (Å²) in [5, 5.41) is 0. The highest BCUT2D eigenvalue weighted by Gasteiger charge is 2.28. The molecule has 1 saturated heterocycles. The third-order valence-corrected chi connectivity index (χ3v) is 2.97. The lowest BCUT2D eigenvalue weighted by Gasteiger charge is -2.17. The summed E-state index contributed by atoms with van der Waals surface area (Å²) >= 11 is 0. The van der Waals surface area contributed by atoms with E-state index in [2.05, 4.69) is 24.0 Å². The Kier molecular flexibility index (Phi) is 2.53. The van der Waals surface area contributed by atoms with Crippen molar-refractivity contribution in [1.82, 2.24) is 0 Å². The molecule has 0 N–H and O–H groups in total. The van der Waals surface area contributed by atoms with E-state index in [1.807, 2.05) is 18.2 Å². The normalized spacial score (nSPS) is 26.5. The van der Waals surface area contributed by atoms with E-state index in [4.69, 9.17) is 0 Å². The minimum Gasteiger partial charge on any atom is -0.371 e. The maximum Gasteiger partial charge on any atom is 0.125 e. The Morgan fingerprint density at radius 3 is 2.57 bits per heavy atom. The van der Waals surface area contributed by atoms with Gasteiger partial charge in [-0.05, 0) is 18.1 Å². The van der Waals surface area contributed by atoms with Gasteiger partial charge in [-0.15, -0.1) is 0 Å². The van der Waals surface area contributed by atoms with Crippen molar-refractivity contribution < 1.29 is 4.79 Å². The fourth-order valence-corrected chi connectivity index (χ4v) is 2.02. The Hall–Kier alpha value is -1.31. The minimum atomic E-state index is 0.204. The average Bonchev–Trinajstić information content (AvgIpc) is 2.61. The van der Waals surface area contributed by atoms with Crippen LogP contribution < -0.4 is 4.90 Å². The second-order valence-corrected chi connectivity index (χ2v) is 4.02. The summed E-state index contributed by atoms with van der Waals surface area (Å²) in [5.41, 5.74) is 1.23. The lowest BCUT2D eigenvalue weighted by Crippen LogP contribution is -2.19. The molecule has 2 unspecified atom stereocenters. The Labute approximate surface area is 84.5 Å². The monoisotopic (exact) mass is 189 g/mol. The smallest absolute Gasteiger partial charge is 0.125 e. The fraction of sp³-hybridized carbons (Fsp3) is 0.417. The van der Waals surface area contributed by atoms with Gasteiger partial charge in [-0.1, -0.05) is 25.1 Å². The van der Waals surface area contributed by atoms with Crippen molar-refractivity contribution in [3.63, 3.8) is 0 Å². The summed E-state index contributed by atoms with van der Waals surface area (Å²) in [7, 11) is 0. The molecule has 2 nitrogen and oxygen atoms in total. The first kappa shape index (κ1) is 9.25. The number of para-hydroxylation sites is 1. The number of anilines is 1. The standard InChI is InChI=1S/C12H15NO/c1-10-7-13(8-11(10)9-14)12-5-3-2-4-6-12/h2-6,9-11H,7-8H2,1H3. The number of carbonyl (C=O) groups excluding carboxylic acids is 1. The lowest BCUT2D eigenvalue weighted by atomic mass is 10.0. The van der Waals surface area contributed by atoms with Crippen LogP contribution in [0.3, 0.4) is 0 Å². The second kappa shape index (κ2) is 3.82. The molecule has 0 aliphatic carbocycles. The molecular formula is C12H15NO. The molecule has 2 heteroatoms. The molecule has 1 aliphatic rings. The van der Waals surface area contributed by atoms with Gasteiger partial charge in [-0.3, -0.25) is 0 Å². The van der Waals surface area contributed by atoms with Crippen LogP contribution in [0.15, 0.2) is 30.3 Å². The van der Waals surface area contributed by atoms with Gasteiger partial charge in [0.2, 0.25) is 0 Å². The molecule has 1 fully saturated rings. The van der Waals surface area contributed by atoms with E-state index in [-0.39, 0.29) is 5.92 Å². The van der Waals surface area contributed by atoms with E-state index in [1.54, 1.807) is 0 Å². The van der Waals surface area contributed by atoms with E-state index in [9.17, 15) is 4.79 Å². The Bertz CT molecular complexity index is 309. The number of rotatable bonds is 2. The molecule has 1 aromatic carbocycles. The van der Waals surface area contributed by atoms with Gasteiger partial charge in [0.05, 0.1) is 0 Å². The van der Waals surface area contributed by atoms with Gasteiger partial charge in [-0.2, -0.15) is 0 Å². The van der Waals surface area contributed by atoms with Crippen LogP contribution in [-0.2, 0) is 4.79 Å². The number of hydrogen-bond acceptors (Lipinski definition) is 2. The molecule has 74 valence electrons. The Balaban J connectivity index is 2.12. The van der Waals surface area contributed by atoms with Crippen LogP contribution in [0.5, 0.6) is 0 Å². The molecule has 2 atom stereocenters. The van der Waals surface area contributed by atoms with E-state index >= 15 is 0 Å². The van der Waals surface area contributed by atoms with Crippen molar-refractivity contribution in [3.05, 3.63) is 30.3 Å². The van der Waals surface area contributed by atoms with Crippen molar-refractivity contribution in [2.45, 2.75) is 6.92 Å². The number of carbonyl (C=O) groups is 1. The van der Waals surface area contributed by atoms with Crippen molar-refractivity contribution in [3.8, 4) is 0 Å². The molecule has 2 rings (SSSR count). The number of benzene rings is 1. The second-order valence-electron chi connectivity index (χ2n) is 4.02. The van der Waals surface area contributed by atoms with Gasteiger partial charge in [0.25, 0.3) is 0 Å². The summed E-state index contributed by atoms with van der Waals surface area (Å²) in [4.78, 5) is 13.0. The average molecular weight is 189 g/mol. The molecule has 1 aliphatic heterocycles. The fourth-order valence-electron chi connectivity index (χ4n) is 2.02. The lowest BCUT2D eigenvalue weighted by molar-refractivity contribution is -0.111. The number of aldehydes is 1. The summed E-state index contributed by atoms with van der Waals surface area (Å²) in [6.07, 6.45) is 1.09. The number of nitrogens with zero attached hydrogens (tertiary/aromatic N) is 1. The van der Waals surface area contributed by atoms with Crippen LogP contribution in [0.25, 0.3) is 0 Å². The summed E-state index contributed by atoms with van der Waals surface area (Å²) in [6, 6.07) is 10.3. The van der Waals surface area contributed by atoms with Gasteiger partial charge < -0.3 is 9.69 Å². The zero-order valence-electron chi connectivity index (χ0n) is 8.39. The van der Waals surface area contributed by atoms with Crippen LogP contribution in [0.4, 0.5) is 5.69 Å². The summed E-state index contributed by atoms with van der Waals surface area (Å²) < 4.78 is 0. The van der Waals surface area contributed by atoms with Gasteiger partial charge in [0.15, 0.2) is 0 Å². The third kappa shape index (κ3) is 1.65. The highest BCUT2D eigenvalue weighted by molar-refractivity contribution is 5.59. The summed E-state index contributed by atoms with van der Waals surface area (Å²) in [5.74, 6) is 0.683. The first-order valence-corrected chi connectivity index (χ1v) is 5.06. The molecular weight excluding hydrogens is 174 g/mol. The van der Waals surface area contributed by atoms with Crippen LogP contribution in [0.2, 0.25) is 0 Å². The molecule has 14 heavy (non-hydrogen) atoms. The maximum absolute atomic E-state index is 10.8. The van der Waals surface area contributed by atoms with Crippen molar-refractivity contribution in [2.24, 2.45) is 11.8 Å². The molecule has 0 spiro atoms. The van der Waals surface area contributed by atoms with Gasteiger partial charge in [-0.25, -0.2) is 0 Å². The predicted octanol–water partition coefficient (Wildman–Crippen LogP) is 1.96. The highest BCUT2D eigenvalue weighted by atomic mass is 16.1. The topological polar surface area (TPSA) is 20.3 Å². The van der Waals surface area contributed by atoms with E-state index in [1.165, 1.54) is 5.69 Å². The van der Waals surface area contributed by atoms with Gasteiger partial charge >= 0.3 is 0 Å². The molecule has 0 bridgehead atoms. The quantitative estimate of drug-likeness (QED) is 0.663. The van der Waals surface area contributed by atoms with E-state index in [0.29, 0.717) is 5.92 Å². The van der Waals surface area contributed by atoms with Crippen LogP contribution >= 0.6 is 0 Å². The zero-order chi connectivity index (χ0) is 9.97. The number of hydrogen-bond donors (Lipinski definition) is 0. The SMILES string of the molecule is CC1CN(c2ccccc2)CC1C=O. The summed E-state index contributed by atoms with van der Waals surface area (Å²) in [6.45, 7) is 4.00. The molecule has 0 aromatic heterocycles. The molecule has 1 heterocycles. The van der Waals surface area contributed by atoms with Crippen molar-refractivity contribution in [2.75, 3.05) is 18.0 Å². The molecule has 0 saturated carbocycles. The van der Waals surface area contributed by atoms with E-state index < -0.39 is 0 Å². The molecule has 0 amide bonds. The Morgan fingerprint density at radius 1 is 1.29 bits per heavy atom. The molecule has 1 aromatic rings. The van der Waals surface area contributed by atoms with Crippen LogP contribution in [-0.4, -0.2) is 19.4 Å². The highest BCUT2D eigenvalue weighted by Crippen LogP contribution is 2.26. The zero-order valence-corrected chi connectivity index (χ0v) is 8.39. The van der Waals surface area contributed by atoms with Crippen LogP contribution in [0.1, 0.15) is 6.92 Å². The van der Waals surface area contributed by atoms with E-state index in [0.717, 1.165) is 19.4 Å². The first-order valence-electron chi connectivity index (χ1n) is 5.06. The maximum atomic E-state index is 10.8. The first-order chi connectivity index (χ1) is 6.81.